The fraction of sp³-hybridized carbons (Fsp3) is 0.667. The van der Waals surface area contributed by atoms with E-state index in [1.54, 1.807) is 7.11 Å². The third-order valence-electron chi connectivity index (χ3n) is 5.80. The summed E-state index contributed by atoms with van der Waals surface area (Å²) >= 11 is 0. The highest BCUT2D eigenvalue weighted by atomic mass is 16.5. The number of likely N-dealkylation sites (tertiary alicyclic amines) is 1. The standard InChI is InChI=1S/C21H33N3O3/c1-21(2,24-11-13-27-14-12-24)16-22-20(25)15-23-10-4-5-19(23)17-6-8-18(26-3)9-7-17/h6-9,19H,4-5,10-16H2,1-3H3,(H,22,25)/t19-/m1/s1. The van der Waals surface area contributed by atoms with Gasteiger partial charge in [-0.1, -0.05) is 12.1 Å². The van der Waals surface area contributed by atoms with E-state index < -0.39 is 0 Å². The number of ether oxygens (including phenoxy) is 2. The maximum atomic E-state index is 12.6. The zero-order chi connectivity index (χ0) is 19.3. The third kappa shape index (κ3) is 5.21. The maximum absolute atomic E-state index is 12.6. The third-order valence-corrected chi connectivity index (χ3v) is 5.80. The first kappa shape index (κ1) is 20.1. The van der Waals surface area contributed by atoms with Crippen LogP contribution in [-0.2, 0) is 9.53 Å². The molecule has 1 amide bonds. The fourth-order valence-electron chi connectivity index (χ4n) is 4.05. The summed E-state index contributed by atoms with van der Waals surface area (Å²) in [6, 6.07) is 8.53. The van der Waals surface area contributed by atoms with E-state index in [-0.39, 0.29) is 11.4 Å². The molecule has 3 rings (SSSR count). The molecule has 2 aliphatic rings. The molecule has 0 aliphatic carbocycles. The molecule has 0 unspecified atom stereocenters. The van der Waals surface area contributed by atoms with E-state index in [1.165, 1.54) is 5.56 Å². The number of methoxy groups -OCH3 is 1. The van der Waals surface area contributed by atoms with Crippen LogP contribution in [0.15, 0.2) is 24.3 Å². The maximum Gasteiger partial charge on any atom is 0.234 e. The van der Waals surface area contributed by atoms with E-state index >= 15 is 0 Å². The second-order valence-corrected chi connectivity index (χ2v) is 8.09. The largest absolute Gasteiger partial charge is 0.497 e. The van der Waals surface area contributed by atoms with Crippen LogP contribution in [0.3, 0.4) is 0 Å². The Morgan fingerprint density at radius 3 is 2.59 bits per heavy atom. The Balaban J connectivity index is 1.51. The SMILES string of the molecule is COc1ccc([C@H]2CCCN2CC(=O)NCC(C)(C)N2CCOCC2)cc1. The number of benzene rings is 1. The summed E-state index contributed by atoms with van der Waals surface area (Å²) in [4.78, 5) is 17.3. The molecule has 0 spiro atoms. The van der Waals surface area contributed by atoms with Gasteiger partial charge in [0.2, 0.25) is 5.91 Å². The molecule has 0 saturated carbocycles. The fourth-order valence-corrected chi connectivity index (χ4v) is 4.05. The van der Waals surface area contributed by atoms with Gasteiger partial charge >= 0.3 is 0 Å². The van der Waals surface area contributed by atoms with Gasteiger partial charge in [-0.2, -0.15) is 0 Å². The van der Waals surface area contributed by atoms with Gasteiger partial charge in [-0.25, -0.2) is 0 Å². The molecule has 150 valence electrons. The molecular formula is C21H33N3O3. The minimum absolute atomic E-state index is 0.0557. The molecule has 6 nitrogen and oxygen atoms in total. The number of amides is 1. The van der Waals surface area contributed by atoms with Crippen LogP contribution in [-0.4, -0.2) is 74.3 Å². The summed E-state index contributed by atoms with van der Waals surface area (Å²) < 4.78 is 10.7. The highest BCUT2D eigenvalue weighted by Gasteiger charge is 2.30. The lowest BCUT2D eigenvalue weighted by atomic mass is 10.0. The average Bonchev–Trinajstić information content (AvgIpc) is 3.15. The molecule has 1 aromatic rings. The summed E-state index contributed by atoms with van der Waals surface area (Å²) in [5, 5.41) is 3.15. The molecule has 2 aliphatic heterocycles. The minimum atomic E-state index is -0.0557. The predicted molar refractivity (Wildman–Crippen MR) is 106 cm³/mol. The summed E-state index contributed by atoms with van der Waals surface area (Å²) in [7, 11) is 1.68. The molecule has 0 bridgehead atoms. The van der Waals surface area contributed by atoms with Gasteiger partial charge in [0.25, 0.3) is 0 Å². The molecule has 27 heavy (non-hydrogen) atoms. The van der Waals surface area contributed by atoms with Crippen LogP contribution in [0.25, 0.3) is 0 Å². The van der Waals surface area contributed by atoms with Crippen molar-refractivity contribution in [3.8, 4) is 5.75 Å². The second-order valence-electron chi connectivity index (χ2n) is 8.09. The number of hydrogen-bond acceptors (Lipinski definition) is 5. The van der Waals surface area contributed by atoms with Gasteiger partial charge in [-0.3, -0.25) is 14.6 Å². The number of carbonyl (C=O) groups excluding carboxylic acids is 1. The first-order valence-electron chi connectivity index (χ1n) is 9.97. The molecule has 1 aromatic carbocycles. The molecule has 2 saturated heterocycles. The van der Waals surface area contributed by atoms with Crippen molar-refractivity contribution < 1.29 is 14.3 Å². The van der Waals surface area contributed by atoms with Gasteiger partial charge in [-0.15, -0.1) is 0 Å². The lowest BCUT2D eigenvalue weighted by Gasteiger charge is -2.41. The van der Waals surface area contributed by atoms with Crippen molar-refractivity contribution >= 4 is 5.91 Å². The molecule has 6 heteroatoms. The Kier molecular flexibility index (Phi) is 6.73. The zero-order valence-corrected chi connectivity index (χ0v) is 16.9. The van der Waals surface area contributed by atoms with Crippen LogP contribution in [0.1, 0.15) is 38.3 Å². The van der Waals surface area contributed by atoms with Crippen LogP contribution in [0.5, 0.6) is 5.75 Å². The topological polar surface area (TPSA) is 54.0 Å². The van der Waals surface area contributed by atoms with Crippen LogP contribution >= 0.6 is 0 Å². The molecular weight excluding hydrogens is 342 g/mol. The van der Waals surface area contributed by atoms with E-state index in [0.717, 1.165) is 51.4 Å². The minimum Gasteiger partial charge on any atom is -0.497 e. The Bertz CT molecular complexity index is 612. The number of carbonyl (C=O) groups is 1. The lowest BCUT2D eigenvalue weighted by Crippen LogP contribution is -2.56. The second kappa shape index (κ2) is 9.04. The molecule has 0 aromatic heterocycles. The molecule has 2 heterocycles. The predicted octanol–water partition coefficient (Wildman–Crippen LogP) is 2.06. The van der Waals surface area contributed by atoms with Gasteiger partial charge in [0, 0.05) is 31.2 Å². The Labute approximate surface area is 162 Å². The van der Waals surface area contributed by atoms with Crippen molar-refractivity contribution in [2.24, 2.45) is 0 Å². The molecule has 2 fully saturated rings. The highest BCUT2D eigenvalue weighted by Crippen LogP contribution is 2.32. The highest BCUT2D eigenvalue weighted by molar-refractivity contribution is 5.78. The Morgan fingerprint density at radius 1 is 1.22 bits per heavy atom. The van der Waals surface area contributed by atoms with Crippen molar-refractivity contribution in [3.63, 3.8) is 0 Å². The van der Waals surface area contributed by atoms with Crippen LogP contribution in [0.4, 0.5) is 0 Å². The number of nitrogens with one attached hydrogen (secondary N) is 1. The Hall–Kier alpha value is -1.63. The number of rotatable bonds is 7. The Morgan fingerprint density at radius 2 is 1.93 bits per heavy atom. The number of nitrogens with zero attached hydrogens (tertiary/aromatic N) is 2. The van der Waals surface area contributed by atoms with Gasteiger partial charge in [0.1, 0.15) is 5.75 Å². The van der Waals surface area contributed by atoms with Crippen molar-refractivity contribution in [1.82, 2.24) is 15.1 Å². The van der Waals surface area contributed by atoms with Crippen molar-refractivity contribution in [1.29, 1.82) is 0 Å². The first-order valence-corrected chi connectivity index (χ1v) is 9.97. The van der Waals surface area contributed by atoms with Crippen molar-refractivity contribution in [2.75, 3.05) is 53.0 Å². The smallest absolute Gasteiger partial charge is 0.234 e. The van der Waals surface area contributed by atoms with Gasteiger partial charge < -0.3 is 14.8 Å². The summed E-state index contributed by atoms with van der Waals surface area (Å²) in [6.07, 6.45) is 2.22. The van der Waals surface area contributed by atoms with Gasteiger partial charge in [0.05, 0.1) is 26.9 Å². The average molecular weight is 376 g/mol. The van der Waals surface area contributed by atoms with E-state index in [2.05, 4.69) is 41.1 Å². The normalized spacial score (nSPS) is 22.0. The van der Waals surface area contributed by atoms with E-state index in [9.17, 15) is 4.79 Å². The van der Waals surface area contributed by atoms with Crippen LogP contribution < -0.4 is 10.1 Å². The molecule has 0 radical (unpaired) electrons. The monoisotopic (exact) mass is 375 g/mol. The summed E-state index contributed by atoms with van der Waals surface area (Å²) in [6.45, 7) is 9.86. The van der Waals surface area contributed by atoms with Gasteiger partial charge in [0.15, 0.2) is 0 Å². The summed E-state index contributed by atoms with van der Waals surface area (Å²) in [5.41, 5.74) is 1.20. The van der Waals surface area contributed by atoms with Crippen LogP contribution in [0.2, 0.25) is 0 Å². The summed E-state index contributed by atoms with van der Waals surface area (Å²) in [5.74, 6) is 0.975. The molecule has 1 N–H and O–H groups in total. The van der Waals surface area contributed by atoms with Crippen LogP contribution in [0, 0.1) is 0 Å². The van der Waals surface area contributed by atoms with Crippen molar-refractivity contribution in [2.45, 2.75) is 38.3 Å². The van der Waals surface area contributed by atoms with E-state index in [1.807, 2.05) is 12.1 Å². The van der Waals surface area contributed by atoms with Crippen molar-refractivity contribution in [3.05, 3.63) is 29.8 Å². The quantitative estimate of drug-likeness (QED) is 0.791. The van der Waals surface area contributed by atoms with E-state index in [4.69, 9.17) is 9.47 Å². The first-order chi connectivity index (χ1) is 13.0. The van der Waals surface area contributed by atoms with E-state index in [0.29, 0.717) is 19.1 Å². The number of morpholine rings is 1. The zero-order valence-electron chi connectivity index (χ0n) is 16.9. The number of hydrogen-bond donors (Lipinski definition) is 1. The molecule has 1 atom stereocenters. The lowest BCUT2D eigenvalue weighted by molar-refractivity contribution is -0.123. The van der Waals surface area contributed by atoms with Gasteiger partial charge in [-0.05, 0) is 50.9 Å².